The van der Waals surface area contributed by atoms with E-state index < -0.39 is 24.0 Å². The highest BCUT2D eigenvalue weighted by molar-refractivity contribution is 5.70. The zero-order chi connectivity index (χ0) is 28.9. The van der Waals surface area contributed by atoms with Crippen LogP contribution in [0.3, 0.4) is 0 Å². The first-order chi connectivity index (χ1) is 17.0. The Balaban J connectivity index is -0.000000193. The highest BCUT2D eigenvalue weighted by Gasteiger charge is 2.15. The molecule has 0 spiro atoms. The third-order valence-electron chi connectivity index (χ3n) is 5.29. The van der Waals surface area contributed by atoms with Gasteiger partial charge in [-0.25, -0.2) is 0 Å². The van der Waals surface area contributed by atoms with Crippen LogP contribution in [0.5, 0.6) is 0 Å². The Bertz CT molecular complexity index is 414. The molecule has 9 heteroatoms. The molecule has 0 aromatic carbocycles. The van der Waals surface area contributed by atoms with Crippen LogP contribution in [0, 0.1) is 17.8 Å². The van der Waals surface area contributed by atoms with Gasteiger partial charge in [-0.1, -0.05) is 80.1 Å². The molecule has 0 aromatic heterocycles. The summed E-state index contributed by atoms with van der Waals surface area (Å²) < 4.78 is 0. The van der Waals surface area contributed by atoms with E-state index in [-0.39, 0.29) is 31.0 Å². The van der Waals surface area contributed by atoms with E-state index in [0.29, 0.717) is 0 Å². The molecular formula is C27H56O9. The smallest absolute Gasteiger partial charge is 0.306 e. The van der Waals surface area contributed by atoms with E-state index >= 15 is 0 Å². The predicted molar refractivity (Wildman–Crippen MR) is 143 cm³/mol. The number of carbonyl (C=O) groups is 3. The largest absolute Gasteiger partial charge is 0.481 e. The average Bonchev–Trinajstić information content (AvgIpc) is 2.84. The third kappa shape index (κ3) is 30.3. The molecule has 36 heavy (non-hydrogen) atoms. The lowest BCUT2D eigenvalue weighted by Crippen LogP contribution is -2.15. The summed E-state index contributed by atoms with van der Waals surface area (Å²) in [7, 11) is 0. The standard InChI is InChI=1S/3C8H16O2.C3H8O3/c3*1-3-5-7(6-4-2)8(9)10;4-1-3(6)2-5/h3*7H,3-6H2,1-2H3,(H,9,10);3-6H,1-2H2. The van der Waals surface area contributed by atoms with Crippen molar-refractivity contribution in [1.29, 1.82) is 0 Å². The summed E-state index contributed by atoms with van der Waals surface area (Å²) in [6.45, 7) is 11.4. The average molecular weight is 525 g/mol. The summed E-state index contributed by atoms with van der Waals surface area (Å²) in [6.07, 6.45) is 9.80. The van der Waals surface area contributed by atoms with Gasteiger partial charge in [-0.3, -0.25) is 14.4 Å². The SMILES string of the molecule is CCCC(CCC)C(=O)O.CCCC(CCC)C(=O)O.CCCC(CCC)C(=O)O.OCC(O)CO. The van der Waals surface area contributed by atoms with Crippen molar-refractivity contribution in [2.24, 2.45) is 17.8 Å². The molecule has 0 amide bonds. The molecule has 218 valence electrons. The first kappa shape index (κ1) is 41.4. The first-order valence-corrected chi connectivity index (χ1v) is 13.5. The molecule has 0 aliphatic carbocycles. The number of hydrogen-bond acceptors (Lipinski definition) is 6. The minimum atomic E-state index is -0.954. The van der Waals surface area contributed by atoms with Gasteiger partial charge in [-0.05, 0) is 38.5 Å². The quantitative estimate of drug-likeness (QED) is 0.150. The van der Waals surface area contributed by atoms with Gasteiger partial charge in [0.25, 0.3) is 0 Å². The van der Waals surface area contributed by atoms with Gasteiger partial charge in [0.2, 0.25) is 0 Å². The topological polar surface area (TPSA) is 173 Å². The molecule has 0 aromatic rings. The number of carboxylic acid groups (broad SMARTS) is 3. The molecule has 0 atom stereocenters. The molecule has 0 bridgehead atoms. The zero-order valence-corrected chi connectivity index (χ0v) is 23.6. The molecule has 0 aliphatic heterocycles. The van der Waals surface area contributed by atoms with Crippen LogP contribution in [-0.4, -0.2) is 67.9 Å². The van der Waals surface area contributed by atoms with Gasteiger partial charge in [0.1, 0.15) is 6.10 Å². The van der Waals surface area contributed by atoms with E-state index in [9.17, 15) is 14.4 Å². The number of rotatable bonds is 17. The fourth-order valence-electron chi connectivity index (χ4n) is 3.32. The van der Waals surface area contributed by atoms with Crippen LogP contribution in [0.1, 0.15) is 119 Å². The van der Waals surface area contributed by atoms with Crippen molar-refractivity contribution in [3.05, 3.63) is 0 Å². The summed E-state index contributed by atoms with van der Waals surface area (Å²) in [5.74, 6) is -2.21. The second-order valence-electron chi connectivity index (χ2n) is 8.86. The normalized spacial score (nSPS) is 10.2. The third-order valence-corrected chi connectivity index (χ3v) is 5.29. The molecule has 0 heterocycles. The van der Waals surface area contributed by atoms with Gasteiger partial charge >= 0.3 is 17.9 Å². The minimum Gasteiger partial charge on any atom is -0.481 e. The van der Waals surface area contributed by atoms with Gasteiger partial charge in [-0.2, -0.15) is 0 Å². The second-order valence-corrected chi connectivity index (χ2v) is 8.86. The van der Waals surface area contributed by atoms with E-state index in [1.807, 2.05) is 41.5 Å². The van der Waals surface area contributed by atoms with Crippen LogP contribution < -0.4 is 0 Å². The lowest BCUT2D eigenvalue weighted by Gasteiger charge is -2.07. The van der Waals surface area contributed by atoms with E-state index in [2.05, 4.69) is 0 Å². The maximum Gasteiger partial charge on any atom is 0.306 e. The molecule has 0 unspecified atom stereocenters. The van der Waals surface area contributed by atoms with Crippen molar-refractivity contribution < 1.29 is 45.0 Å². The van der Waals surface area contributed by atoms with Crippen LogP contribution in [0.15, 0.2) is 0 Å². The second kappa shape index (κ2) is 31.3. The Labute approximate surface area is 218 Å². The fourth-order valence-corrected chi connectivity index (χ4v) is 3.32. The molecule has 0 radical (unpaired) electrons. The Morgan fingerprint density at radius 2 is 0.639 bits per heavy atom. The van der Waals surface area contributed by atoms with Gasteiger partial charge in [0, 0.05) is 0 Å². The Hall–Kier alpha value is -1.71. The summed E-state index contributed by atoms with van der Waals surface area (Å²) in [6, 6.07) is 0. The van der Waals surface area contributed by atoms with Crippen LogP contribution in [-0.2, 0) is 14.4 Å². The summed E-state index contributed by atoms with van der Waals surface area (Å²) in [5, 5.41) is 49.9. The van der Waals surface area contributed by atoms with Crippen molar-refractivity contribution in [1.82, 2.24) is 0 Å². The van der Waals surface area contributed by atoms with Gasteiger partial charge in [-0.15, -0.1) is 0 Å². The Morgan fingerprint density at radius 3 is 0.694 bits per heavy atom. The first-order valence-electron chi connectivity index (χ1n) is 13.5. The lowest BCUT2D eigenvalue weighted by atomic mass is 9.99. The molecule has 0 fully saturated rings. The number of hydrogen-bond donors (Lipinski definition) is 6. The fraction of sp³-hybridized carbons (Fsp3) is 0.889. The molecular weight excluding hydrogens is 468 g/mol. The molecule has 0 saturated carbocycles. The van der Waals surface area contributed by atoms with Crippen molar-refractivity contribution >= 4 is 17.9 Å². The summed E-state index contributed by atoms with van der Waals surface area (Å²) >= 11 is 0. The lowest BCUT2D eigenvalue weighted by molar-refractivity contribution is -0.143. The van der Waals surface area contributed by atoms with Crippen molar-refractivity contribution in [2.45, 2.75) is 125 Å². The molecule has 0 aliphatic rings. The minimum absolute atomic E-state index is 0.102. The number of carboxylic acids is 3. The van der Waals surface area contributed by atoms with E-state index in [4.69, 9.17) is 30.6 Å². The van der Waals surface area contributed by atoms with Gasteiger partial charge in [0.05, 0.1) is 31.0 Å². The maximum absolute atomic E-state index is 10.5. The monoisotopic (exact) mass is 524 g/mol. The highest BCUT2D eigenvalue weighted by Crippen LogP contribution is 2.14. The molecule has 0 rings (SSSR count). The molecule has 9 nitrogen and oxygen atoms in total. The van der Waals surface area contributed by atoms with Gasteiger partial charge in [0.15, 0.2) is 0 Å². The van der Waals surface area contributed by atoms with E-state index in [0.717, 1.165) is 77.0 Å². The zero-order valence-electron chi connectivity index (χ0n) is 23.6. The summed E-state index contributed by atoms with van der Waals surface area (Å²) in [5.41, 5.74) is 0. The maximum atomic E-state index is 10.5. The summed E-state index contributed by atoms with van der Waals surface area (Å²) in [4.78, 5) is 31.4. The number of aliphatic carboxylic acids is 3. The highest BCUT2D eigenvalue weighted by atomic mass is 16.4. The Kier molecular flexibility index (Phi) is 36.0. The Morgan fingerprint density at radius 1 is 0.472 bits per heavy atom. The van der Waals surface area contributed by atoms with E-state index in [1.54, 1.807) is 0 Å². The van der Waals surface area contributed by atoms with Crippen LogP contribution in [0.25, 0.3) is 0 Å². The van der Waals surface area contributed by atoms with E-state index in [1.165, 1.54) is 0 Å². The number of aliphatic hydroxyl groups is 3. The predicted octanol–water partition coefficient (Wildman–Crippen LogP) is 5.19. The van der Waals surface area contributed by atoms with Crippen LogP contribution in [0.4, 0.5) is 0 Å². The number of aliphatic hydroxyl groups excluding tert-OH is 3. The molecule has 6 N–H and O–H groups in total. The van der Waals surface area contributed by atoms with Crippen molar-refractivity contribution in [2.75, 3.05) is 13.2 Å². The van der Waals surface area contributed by atoms with Gasteiger partial charge < -0.3 is 30.6 Å². The molecule has 0 saturated heterocycles. The van der Waals surface area contributed by atoms with Crippen LogP contribution in [0.2, 0.25) is 0 Å². The van der Waals surface area contributed by atoms with Crippen molar-refractivity contribution in [3.8, 4) is 0 Å². The van der Waals surface area contributed by atoms with Crippen molar-refractivity contribution in [3.63, 3.8) is 0 Å². The van der Waals surface area contributed by atoms with Crippen LogP contribution >= 0.6 is 0 Å².